The van der Waals surface area contributed by atoms with Crippen LogP contribution in [0.1, 0.15) is 22.8 Å². The maximum Gasteiger partial charge on any atom is 0.337 e. The molecule has 0 fully saturated rings. The minimum absolute atomic E-state index is 0.0141. The molecule has 2 aromatic rings. The molecule has 0 unspecified atom stereocenters. The van der Waals surface area contributed by atoms with Gasteiger partial charge in [-0.05, 0) is 48.4 Å². The van der Waals surface area contributed by atoms with E-state index in [1.165, 1.54) is 26.4 Å². The Morgan fingerprint density at radius 1 is 1.08 bits per heavy atom. The van der Waals surface area contributed by atoms with Crippen molar-refractivity contribution in [2.45, 2.75) is 6.92 Å². The van der Waals surface area contributed by atoms with Crippen molar-refractivity contribution in [3.8, 4) is 11.5 Å². The van der Waals surface area contributed by atoms with Gasteiger partial charge in [0.1, 0.15) is 5.82 Å². The standard InChI is InChI=1S/C19H18FNO5/c1-11(12-4-7-16(25-2)17(9-12)26-3)8-18(22)21-15-6-5-13(20)10-14(15)19(23)24/h4-10H,1-3H3,(H,21,22)(H,23,24). The Morgan fingerprint density at radius 3 is 2.38 bits per heavy atom. The van der Waals surface area contributed by atoms with Gasteiger partial charge in [-0.1, -0.05) is 6.07 Å². The highest BCUT2D eigenvalue weighted by molar-refractivity contribution is 6.07. The molecular weight excluding hydrogens is 341 g/mol. The summed E-state index contributed by atoms with van der Waals surface area (Å²) in [5, 5.41) is 11.6. The molecule has 6 nitrogen and oxygen atoms in total. The van der Waals surface area contributed by atoms with Gasteiger partial charge in [-0.15, -0.1) is 0 Å². The van der Waals surface area contributed by atoms with Crippen molar-refractivity contribution >= 4 is 23.1 Å². The van der Waals surface area contributed by atoms with Gasteiger partial charge in [0.05, 0.1) is 25.5 Å². The predicted octanol–water partition coefficient (Wildman–Crippen LogP) is 3.58. The predicted molar refractivity (Wildman–Crippen MR) is 95.2 cm³/mol. The number of methoxy groups -OCH3 is 2. The lowest BCUT2D eigenvalue weighted by Gasteiger charge is -2.10. The quantitative estimate of drug-likeness (QED) is 0.770. The monoisotopic (exact) mass is 359 g/mol. The first-order chi connectivity index (χ1) is 12.3. The normalized spacial score (nSPS) is 11.0. The molecule has 2 rings (SSSR count). The maximum atomic E-state index is 13.2. The van der Waals surface area contributed by atoms with Gasteiger partial charge in [-0.25, -0.2) is 9.18 Å². The fraction of sp³-hybridized carbons (Fsp3) is 0.158. The van der Waals surface area contributed by atoms with Crippen molar-refractivity contribution in [2.24, 2.45) is 0 Å². The Balaban J connectivity index is 2.25. The number of anilines is 1. The van der Waals surface area contributed by atoms with E-state index in [0.29, 0.717) is 17.1 Å². The third-order valence-electron chi connectivity index (χ3n) is 3.66. The Kier molecular flexibility index (Phi) is 5.95. The average Bonchev–Trinajstić information content (AvgIpc) is 2.62. The molecule has 7 heteroatoms. The number of carboxylic acid groups (broad SMARTS) is 1. The molecule has 0 aliphatic heterocycles. The van der Waals surface area contributed by atoms with Crippen LogP contribution < -0.4 is 14.8 Å². The van der Waals surface area contributed by atoms with Crippen LogP contribution >= 0.6 is 0 Å². The first-order valence-electron chi connectivity index (χ1n) is 7.60. The van der Waals surface area contributed by atoms with Gasteiger partial charge in [-0.2, -0.15) is 0 Å². The number of rotatable bonds is 6. The number of aromatic carboxylic acids is 1. The lowest BCUT2D eigenvalue weighted by Crippen LogP contribution is -2.12. The van der Waals surface area contributed by atoms with Crippen LogP contribution in [-0.4, -0.2) is 31.2 Å². The molecule has 0 heterocycles. The molecule has 0 aliphatic carbocycles. The Bertz CT molecular complexity index is 876. The number of halogens is 1. The third-order valence-corrected chi connectivity index (χ3v) is 3.66. The summed E-state index contributed by atoms with van der Waals surface area (Å²) in [6.07, 6.45) is 1.32. The van der Waals surface area contributed by atoms with Crippen molar-refractivity contribution < 1.29 is 28.6 Å². The van der Waals surface area contributed by atoms with Crippen LogP contribution in [0.3, 0.4) is 0 Å². The first kappa shape index (κ1) is 19.0. The third kappa shape index (κ3) is 4.38. The number of hydrogen-bond donors (Lipinski definition) is 2. The zero-order valence-electron chi connectivity index (χ0n) is 14.5. The van der Waals surface area contributed by atoms with Gasteiger partial charge < -0.3 is 19.9 Å². The number of carboxylic acids is 1. The molecule has 0 atom stereocenters. The zero-order valence-corrected chi connectivity index (χ0v) is 14.5. The summed E-state index contributed by atoms with van der Waals surface area (Å²) in [6.45, 7) is 1.73. The molecule has 2 N–H and O–H groups in total. The second-order valence-corrected chi connectivity index (χ2v) is 5.38. The molecule has 26 heavy (non-hydrogen) atoms. The first-order valence-corrected chi connectivity index (χ1v) is 7.60. The molecule has 0 aromatic heterocycles. The number of carbonyl (C=O) groups is 2. The molecule has 0 saturated carbocycles. The Labute approximate surface area is 149 Å². The van der Waals surface area contributed by atoms with Crippen molar-refractivity contribution in [1.82, 2.24) is 0 Å². The molecule has 0 radical (unpaired) electrons. The summed E-state index contributed by atoms with van der Waals surface area (Å²) < 4.78 is 23.6. The number of benzene rings is 2. The fourth-order valence-electron chi connectivity index (χ4n) is 2.33. The summed E-state index contributed by atoms with van der Waals surface area (Å²) in [6, 6.07) is 8.33. The SMILES string of the molecule is COc1ccc(C(C)=CC(=O)Nc2ccc(F)cc2C(=O)O)cc1OC. The second kappa shape index (κ2) is 8.15. The number of carbonyl (C=O) groups excluding carboxylic acids is 1. The zero-order chi connectivity index (χ0) is 19.3. The highest BCUT2D eigenvalue weighted by atomic mass is 19.1. The van der Waals surface area contributed by atoms with E-state index in [1.54, 1.807) is 25.1 Å². The van der Waals surface area contributed by atoms with Crippen LogP contribution in [-0.2, 0) is 4.79 Å². The average molecular weight is 359 g/mol. The van der Waals surface area contributed by atoms with E-state index in [2.05, 4.69) is 5.32 Å². The van der Waals surface area contributed by atoms with Crippen LogP contribution in [0, 0.1) is 5.82 Å². The van der Waals surface area contributed by atoms with E-state index in [0.717, 1.165) is 17.7 Å². The largest absolute Gasteiger partial charge is 0.493 e. The number of nitrogens with one attached hydrogen (secondary N) is 1. The molecule has 136 valence electrons. The van der Waals surface area contributed by atoms with E-state index < -0.39 is 17.7 Å². The second-order valence-electron chi connectivity index (χ2n) is 5.38. The Hall–Kier alpha value is -3.35. The van der Waals surface area contributed by atoms with Crippen LogP contribution in [0.5, 0.6) is 11.5 Å². The highest BCUT2D eigenvalue weighted by Gasteiger charge is 2.13. The lowest BCUT2D eigenvalue weighted by atomic mass is 10.1. The van der Waals surface area contributed by atoms with Gasteiger partial charge in [0.15, 0.2) is 11.5 Å². The van der Waals surface area contributed by atoms with Gasteiger partial charge >= 0.3 is 5.97 Å². The van der Waals surface area contributed by atoms with Crippen molar-refractivity contribution in [3.05, 3.63) is 59.4 Å². The summed E-state index contributed by atoms with van der Waals surface area (Å²) >= 11 is 0. The number of hydrogen-bond acceptors (Lipinski definition) is 4. The van der Waals surface area contributed by atoms with E-state index >= 15 is 0 Å². The molecule has 0 saturated heterocycles. The molecule has 0 spiro atoms. The summed E-state index contributed by atoms with van der Waals surface area (Å²) in [5.41, 5.74) is 1.05. The van der Waals surface area contributed by atoms with Crippen LogP contribution in [0.2, 0.25) is 0 Å². The van der Waals surface area contributed by atoms with Crippen molar-refractivity contribution in [3.63, 3.8) is 0 Å². The topological polar surface area (TPSA) is 84.9 Å². The van der Waals surface area contributed by atoms with Crippen LogP contribution in [0.25, 0.3) is 5.57 Å². The van der Waals surface area contributed by atoms with Gasteiger partial charge in [-0.3, -0.25) is 4.79 Å². The van der Waals surface area contributed by atoms with Gasteiger partial charge in [0.25, 0.3) is 0 Å². The lowest BCUT2D eigenvalue weighted by molar-refractivity contribution is -0.111. The smallest absolute Gasteiger partial charge is 0.337 e. The fourth-order valence-corrected chi connectivity index (χ4v) is 2.33. The summed E-state index contributed by atoms with van der Waals surface area (Å²) in [4.78, 5) is 23.4. The Morgan fingerprint density at radius 2 is 1.77 bits per heavy atom. The molecule has 2 aromatic carbocycles. The van der Waals surface area contributed by atoms with Crippen molar-refractivity contribution in [1.29, 1.82) is 0 Å². The van der Waals surface area contributed by atoms with Gasteiger partial charge in [0, 0.05) is 6.08 Å². The molecule has 1 amide bonds. The van der Waals surface area contributed by atoms with Crippen LogP contribution in [0.15, 0.2) is 42.5 Å². The minimum atomic E-state index is -1.33. The molecular formula is C19H18FNO5. The van der Waals surface area contributed by atoms with E-state index in [1.807, 2.05) is 0 Å². The summed E-state index contributed by atoms with van der Waals surface area (Å²) in [7, 11) is 3.03. The number of allylic oxidation sites excluding steroid dienone is 1. The molecule has 0 bridgehead atoms. The van der Waals surface area contributed by atoms with E-state index in [-0.39, 0.29) is 11.3 Å². The molecule has 0 aliphatic rings. The van der Waals surface area contributed by atoms with Gasteiger partial charge in [0.2, 0.25) is 5.91 Å². The van der Waals surface area contributed by atoms with Crippen LogP contribution in [0.4, 0.5) is 10.1 Å². The summed E-state index contributed by atoms with van der Waals surface area (Å²) in [5.74, 6) is -1.49. The minimum Gasteiger partial charge on any atom is -0.493 e. The van der Waals surface area contributed by atoms with E-state index in [9.17, 15) is 14.0 Å². The maximum absolute atomic E-state index is 13.2. The van der Waals surface area contributed by atoms with Crippen molar-refractivity contribution in [2.75, 3.05) is 19.5 Å². The number of ether oxygens (including phenoxy) is 2. The number of amides is 1. The van der Waals surface area contributed by atoms with E-state index in [4.69, 9.17) is 14.6 Å². The highest BCUT2D eigenvalue weighted by Crippen LogP contribution is 2.30.